The second-order valence-corrected chi connectivity index (χ2v) is 10.1. The van der Waals surface area contributed by atoms with E-state index < -0.39 is 11.7 Å². The van der Waals surface area contributed by atoms with Crippen molar-refractivity contribution in [3.63, 3.8) is 0 Å². The fraction of sp³-hybridized carbons (Fsp3) is 0.414. The monoisotopic (exact) mass is 497 g/mol. The van der Waals surface area contributed by atoms with Crippen LogP contribution in [0.3, 0.4) is 0 Å². The molecule has 1 saturated heterocycles. The number of piperidine rings is 1. The van der Waals surface area contributed by atoms with Gasteiger partial charge in [-0.2, -0.15) is 13.2 Å². The van der Waals surface area contributed by atoms with E-state index in [-0.39, 0.29) is 11.8 Å². The molecule has 2 heterocycles. The number of nitrogens with zero attached hydrogens (tertiary/aromatic N) is 1. The van der Waals surface area contributed by atoms with Gasteiger partial charge in [-0.1, -0.05) is 32.0 Å². The number of anilines is 1. The van der Waals surface area contributed by atoms with Gasteiger partial charge in [0, 0.05) is 28.7 Å². The molecule has 0 aliphatic carbocycles. The number of alkyl halides is 3. The first kappa shape index (κ1) is 26.0. The van der Waals surface area contributed by atoms with Crippen molar-refractivity contribution in [2.24, 2.45) is 11.8 Å². The zero-order valence-corrected chi connectivity index (χ0v) is 21.2. The third-order valence-corrected chi connectivity index (χ3v) is 7.16. The minimum absolute atomic E-state index is 0.00366. The maximum absolute atomic E-state index is 13.3. The Kier molecular flexibility index (Phi) is 7.59. The van der Waals surface area contributed by atoms with E-state index in [2.05, 4.69) is 28.8 Å². The summed E-state index contributed by atoms with van der Waals surface area (Å²) in [6, 6.07) is 15.7. The topological polar surface area (TPSA) is 46.1 Å². The van der Waals surface area contributed by atoms with E-state index in [1.807, 2.05) is 44.4 Å². The number of nitrogens with one attached hydrogen (secondary N) is 2. The number of aromatic nitrogens is 1. The Bertz CT molecular complexity index is 1230. The molecule has 1 aliphatic heterocycles. The average molecular weight is 498 g/mol. The maximum atomic E-state index is 13.3. The molecule has 2 unspecified atom stereocenters. The summed E-state index contributed by atoms with van der Waals surface area (Å²) in [6.45, 7) is 9.45. The van der Waals surface area contributed by atoms with Crippen LogP contribution < -0.4 is 10.6 Å². The smallest absolute Gasteiger partial charge is 0.326 e. The van der Waals surface area contributed by atoms with Crippen LogP contribution in [0, 0.1) is 25.7 Å². The molecule has 36 heavy (non-hydrogen) atoms. The Balaban J connectivity index is 1.60. The van der Waals surface area contributed by atoms with Gasteiger partial charge in [-0.25, -0.2) is 0 Å². The minimum Gasteiger partial charge on any atom is -0.326 e. The number of amides is 1. The summed E-state index contributed by atoms with van der Waals surface area (Å²) in [7, 11) is 0. The molecular weight excluding hydrogens is 463 g/mol. The van der Waals surface area contributed by atoms with Gasteiger partial charge in [-0.05, 0) is 99.1 Å². The molecule has 0 radical (unpaired) electrons. The SMILES string of the molecule is Cc1cc(CC2CNCCC2c2cccc(NC(=O)C(C)C)c2)c(C)n1-c1cccc(C(F)(F)F)c1. The Morgan fingerprint density at radius 3 is 2.58 bits per heavy atom. The fourth-order valence-corrected chi connectivity index (χ4v) is 5.25. The lowest BCUT2D eigenvalue weighted by Crippen LogP contribution is -2.36. The van der Waals surface area contributed by atoms with Crippen molar-refractivity contribution in [1.82, 2.24) is 9.88 Å². The van der Waals surface area contributed by atoms with Crippen molar-refractivity contribution >= 4 is 11.6 Å². The summed E-state index contributed by atoms with van der Waals surface area (Å²) in [6.07, 6.45) is -2.57. The Morgan fingerprint density at radius 1 is 1.11 bits per heavy atom. The number of carbonyl (C=O) groups is 1. The highest BCUT2D eigenvalue weighted by atomic mass is 19.4. The number of benzene rings is 2. The van der Waals surface area contributed by atoms with Crippen molar-refractivity contribution in [2.45, 2.75) is 52.6 Å². The van der Waals surface area contributed by atoms with Gasteiger partial charge in [0.15, 0.2) is 0 Å². The third kappa shape index (κ3) is 5.67. The van der Waals surface area contributed by atoms with Crippen LogP contribution in [-0.4, -0.2) is 23.6 Å². The summed E-state index contributed by atoms with van der Waals surface area (Å²) in [5.74, 6) is 0.549. The van der Waals surface area contributed by atoms with Crippen molar-refractivity contribution in [3.05, 3.63) is 82.7 Å². The van der Waals surface area contributed by atoms with E-state index in [0.717, 1.165) is 54.6 Å². The number of rotatable bonds is 6. The standard InChI is InChI=1S/C29H34F3N3O/c1-18(2)28(36)34-25-9-5-7-21(15-25)27-11-12-33-17-23(27)14-22-13-19(3)35(20(22)4)26-10-6-8-24(16-26)29(30,31)32/h5-10,13,15-16,18,23,27,33H,11-12,14,17H2,1-4H3,(H,34,36). The molecule has 0 saturated carbocycles. The summed E-state index contributed by atoms with van der Waals surface area (Å²) in [4.78, 5) is 12.2. The molecule has 3 aromatic rings. The molecule has 192 valence electrons. The van der Waals surface area contributed by atoms with Gasteiger partial charge in [-0.15, -0.1) is 0 Å². The summed E-state index contributed by atoms with van der Waals surface area (Å²) >= 11 is 0. The van der Waals surface area contributed by atoms with E-state index in [9.17, 15) is 18.0 Å². The van der Waals surface area contributed by atoms with E-state index >= 15 is 0 Å². The zero-order chi connectivity index (χ0) is 26.0. The molecule has 1 aromatic heterocycles. The first-order valence-corrected chi connectivity index (χ1v) is 12.5. The van der Waals surface area contributed by atoms with E-state index in [1.165, 1.54) is 17.7 Å². The lowest BCUT2D eigenvalue weighted by Gasteiger charge is -2.33. The molecule has 1 aliphatic rings. The highest BCUT2D eigenvalue weighted by Gasteiger charge is 2.31. The summed E-state index contributed by atoms with van der Waals surface area (Å²) < 4.78 is 41.8. The molecule has 7 heteroatoms. The normalized spacial score (nSPS) is 18.4. The van der Waals surface area contributed by atoms with Crippen LogP contribution in [0.2, 0.25) is 0 Å². The van der Waals surface area contributed by atoms with Crippen LogP contribution >= 0.6 is 0 Å². The van der Waals surface area contributed by atoms with E-state index in [1.54, 1.807) is 6.07 Å². The minimum atomic E-state index is -4.38. The Hall–Kier alpha value is -3.06. The van der Waals surface area contributed by atoms with Crippen LogP contribution in [0.5, 0.6) is 0 Å². The highest BCUT2D eigenvalue weighted by Crippen LogP contribution is 2.36. The second-order valence-electron chi connectivity index (χ2n) is 10.1. The van der Waals surface area contributed by atoms with E-state index in [0.29, 0.717) is 17.5 Å². The molecule has 2 aromatic carbocycles. The maximum Gasteiger partial charge on any atom is 0.416 e. The second kappa shape index (κ2) is 10.5. The highest BCUT2D eigenvalue weighted by molar-refractivity contribution is 5.92. The molecule has 4 nitrogen and oxygen atoms in total. The molecule has 1 amide bonds. The van der Waals surface area contributed by atoms with Crippen molar-refractivity contribution in [1.29, 1.82) is 0 Å². The first-order chi connectivity index (χ1) is 17.0. The predicted molar refractivity (Wildman–Crippen MR) is 138 cm³/mol. The van der Waals surface area contributed by atoms with Crippen LogP contribution in [0.25, 0.3) is 5.69 Å². The molecule has 4 rings (SSSR count). The molecule has 0 spiro atoms. The van der Waals surface area contributed by atoms with Crippen molar-refractivity contribution in [3.8, 4) is 5.69 Å². The average Bonchev–Trinajstić information content (AvgIpc) is 3.11. The molecule has 2 atom stereocenters. The molecule has 0 bridgehead atoms. The van der Waals surface area contributed by atoms with Gasteiger partial charge < -0.3 is 15.2 Å². The fourth-order valence-electron chi connectivity index (χ4n) is 5.25. The van der Waals surface area contributed by atoms with Crippen LogP contribution in [0.4, 0.5) is 18.9 Å². The lowest BCUT2D eigenvalue weighted by molar-refractivity contribution is -0.137. The van der Waals surface area contributed by atoms with Gasteiger partial charge >= 0.3 is 6.18 Å². The summed E-state index contributed by atoms with van der Waals surface area (Å²) in [5.41, 5.74) is 4.93. The largest absolute Gasteiger partial charge is 0.416 e. The van der Waals surface area contributed by atoms with Gasteiger partial charge in [0.25, 0.3) is 0 Å². The predicted octanol–water partition coefficient (Wildman–Crippen LogP) is 6.64. The van der Waals surface area contributed by atoms with E-state index in [4.69, 9.17) is 0 Å². The van der Waals surface area contributed by atoms with Gasteiger partial charge in [0.05, 0.1) is 5.56 Å². The first-order valence-electron chi connectivity index (χ1n) is 12.5. The van der Waals surface area contributed by atoms with Crippen LogP contribution in [0.15, 0.2) is 54.6 Å². The van der Waals surface area contributed by atoms with Gasteiger partial charge in [0.2, 0.25) is 5.91 Å². The lowest BCUT2D eigenvalue weighted by atomic mass is 9.78. The number of halogens is 3. The number of hydrogen-bond donors (Lipinski definition) is 2. The van der Waals surface area contributed by atoms with Crippen LogP contribution in [0.1, 0.15) is 54.3 Å². The quantitative estimate of drug-likeness (QED) is 0.401. The van der Waals surface area contributed by atoms with Crippen molar-refractivity contribution < 1.29 is 18.0 Å². The molecule has 2 N–H and O–H groups in total. The Morgan fingerprint density at radius 2 is 1.86 bits per heavy atom. The third-order valence-electron chi connectivity index (χ3n) is 7.16. The summed E-state index contributed by atoms with van der Waals surface area (Å²) in [5, 5.41) is 6.51. The van der Waals surface area contributed by atoms with Crippen LogP contribution in [-0.2, 0) is 17.4 Å². The Labute approximate surface area is 210 Å². The number of aryl methyl sites for hydroxylation is 1. The number of carbonyl (C=O) groups excluding carboxylic acids is 1. The number of hydrogen-bond acceptors (Lipinski definition) is 2. The van der Waals surface area contributed by atoms with Gasteiger partial charge in [0.1, 0.15) is 0 Å². The molecule has 1 fully saturated rings. The molecular formula is C29H34F3N3O. The van der Waals surface area contributed by atoms with Gasteiger partial charge in [-0.3, -0.25) is 4.79 Å². The van der Waals surface area contributed by atoms with Crippen molar-refractivity contribution in [2.75, 3.05) is 18.4 Å². The zero-order valence-electron chi connectivity index (χ0n) is 21.2.